The van der Waals surface area contributed by atoms with Gasteiger partial charge in [-0.3, -0.25) is 4.79 Å². The van der Waals surface area contributed by atoms with Gasteiger partial charge in [-0.15, -0.1) is 0 Å². The second-order valence-corrected chi connectivity index (χ2v) is 4.12. The Morgan fingerprint density at radius 3 is 2.56 bits per heavy atom. The molecule has 0 heterocycles. The molecule has 0 aliphatic rings. The summed E-state index contributed by atoms with van der Waals surface area (Å²) >= 11 is 0. The summed E-state index contributed by atoms with van der Waals surface area (Å²) < 4.78 is 0. The highest BCUT2D eigenvalue weighted by Gasteiger charge is 2.02. The summed E-state index contributed by atoms with van der Waals surface area (Å²) in [6, 6.07) is 9.06. The van der Waals surface area contributed by atoms with Crippen LogP contribution in [0.3, 0.4) is 0 Å². The van der Waals surface area contributed by atoms with Crippen LogP contribution in [0.2, 0.25) is 0 Å². The number of benzene rings is 1. The fourth-order valence-electron chi connectivity index (χ4n) is 1.59. The van der Waals surface area contributed by atoms with Gasteiger partial charge in [0.05, 0.1) is 18.1 Å². The number of hydrogen-bond donors (Lipinski definition) is 2. The van der Waals surface area contributed by atoms with Crippen LogP contribution in [0.5, 0.6) is 0 Å². The summed E-state index contributed by atoms with van der Waals surface area (Å²) in [5, 5.41) is 20.1. The van der Waals surface area contributed by atoms with Crippen LogP contribution in [-0.4, -0.2) is 24.2 Å². The smallest absolute Gasteiger partial charge is 0.224 e. The third-order valence-electron chi connectivity index (χ3n) is 2.60. The lowest BCUT2D eigenvalue weighted by atomic mass is 10.1. The SMILES string of the molecule is N#Cc1ccc(CC(=O)NCCCCCO)cc1. The number of nitrogens with zero attached hydrogens (tertiary/aromatic N) is 1. The minimum atomic E-state index is -0.0105. The summed E-state index contributed by atoms with van der Waals surface area (Å²) in [6.07, 6.45) is 2.94. The van der Waals surface area contributed by atoms with Gasteiger partial charge in [0, 0.05) is 13.2 Å². The third kappa shape index (κ3) is 5.46. The molecule has 1 aromatic carbocycles. The maximum Gasteiger partial charge on any atom is 0.224 e. The first-order valence-corrected chi connectivity index (χ1v) is 6.13. The molecular formula is C14H18N2O2. The van der Waals surface area contributed by atoms with Gasteiger partial charge in [0.15, 0.2) is 0 Å². The fraction of sp³-hybridized carbons (Fsp3) is 0.429. The second-order valence-electron chi connectivity index (χ2n) is 4.12. The van der Waals surface area contributed by atoms with Crippen molar-refractivity contribution in [3.05, 3.63) is 35.4 Å². The number of carbonyl (C=O) groups excluding carboxylic acids is 1. The van der Waals surface area contributed by atoms with Crippen molar-refractivity contribution in [3.8, 4) is 6.07 Å². The molecule has 1 amide bonds. The number of nitrogens with one attached hydrogen (secondary N) is 1. The topological polar surface area (TPSA) is 73.1 Å². The molecule has 0 saturated heterocycles. The summed E-state index contributed by atoms with van der Waals surface area (Å²) in [7, 11) is 0. The molecule has 0 aliphatic carbocycles. The first-order chi connectivity index (χ1) is 8.76. The normalized spacial score (nSPS) is 9.78. The minimum absolute atomic E-state index is 0.0105. The highest BCUT2D eigenvalue weighted by Crippen LogP contribution is 2.04. The summed E-state index contributed by atoms with van der Waals surface area (Å²) in [6.45, 7) is 0.855. The van der Waals surface area contributed by atoms with Gasteiger partial charge in [0.2, 0.25) is 5.91 Å². The molecule has 2 N–H and O–H groups in total. The minimum Gasteiger partial charge on any atom is -0.396 e. The predicted octanol–water partition coefficient (Wildman–Crippen LogP) is 1.38. The van der Waals surface area contributed by atoms with Gasteiger partial charge in [0.1, 0.15) is 0 Å². The highest BCUT2D eigenvalue weighted by molar-refractivity contribution is 5.78. The lowest BCUT2D eigenvalue weighted by molar-refractivity contribution is -0.120. The van der Waals surface area contributed by atoms with Crippen LogP contribution >= 0.6 is 0 Å². The van der Waals surface area contributed by atoms with Gasteiger partial charge < -0.3 is 10.4 Å². The van der Waals surface area contributed by atoms with E-state index >= 15 is 0 Å². The number of unbranched alkanes of at least 4 members (excludes halogenated alkanes) is 2. The Hall–Kier alpha value is -1.86. The predicted molar refractivity (Wildman–Crippen MR) is 68.8 cm³/mol. The van der Waals surface area contributed by atoms with E-state index < -0.39 is 0 Å². The van der Waals surface area contributed by atoms with Gasteiger partial charge in [-0.05, 0) is 37.0 Å². The lowest BCUT2D eigenvalue weighted by Gasteiger charge is -2.05. The Balaban J connectivity index is 2.25. The Kier molecular flexibility index (Phi) is 6.52. The zero-order valence-electron chi connectivity index (χ0n) is 10.4. The van der Waals surface area contributed by atoms with E-state index in [4.69, 9.17) is 10.4 Å². The molecule has 4 nitrogen and oxygen atoms in total. The van der Waals surface area contributed by atoms with Crippen molar-refractivity contribution in [1.82, 2.24) is 5.32 Å². The van der Waals surface area contributed by atoms with Crippen LogP contribution in [0, 0.1) is 11.3 Å². The molecule has 0 aromatic heterocycles. The van der Waals surface area contributed by atoms with Crippen LogP contribution < -0.4 is 5.32 Å². The average Bonchev–Trinajstić information content (AvgIpc) is 2.39. The molecule has 0 aliphatic heterocycles. The summed E-state index contributed by atoms with van der Waals surface area (Å²) in [4.78, 5) is 11.6. The molecule has 1 rings (SSSR count). The Morgan fingerprint density at radius 2 is 1.94 bits per heavy atom. The summed E-state index contributed by atoms with van der Waals surface area (Å²) in [5.74, 6) is -0.0105. The molecule has 0 atom stereocenters. The fourth-order valence-corrected chi connectivity index (χ4v) is 1.59. The maximum absolute atomic E-state index is 11.6. The van der Waals surface area contributed by atoms with E-state index in [1.165, 1.54) is 0 Å². The maximum atomic E-state index is 11.6. The molecule has 4 heteroatoms. The van der Waals surface area contributed by atoms with Crippen LogP contribution in [0.25, 0.3) is 0 Å². The van der Waals surface area contributed by atoms with Gasteiger partial charge in [0.25, 0.3) is 0 Å². The van der Waals surface area contributed by atoms with Crippen molar-refractivity contribution in [2.75, 3.05) is 13.2 Å². The van der Waals surface area contributed by atoms with Crippen LogP contribution in [0.4, 0.5) is 0 Å². The number of hydrogen-bond acceptors (Lipinski definition) is 3. The van der Waals surface area contributed by atoms with E-state index in [2.05, 4.69) is 5.32 Å². The summed E-state index contributed by atoms with van der Waals surface area (Å²) in [5.41, 5.74) is 1.50. The van der Waals surface area contributed by atoms with Gasteiger partial charge >= 0.3 is 0 Å². The first kappa shape index (κ1) is 14.2. The van der Waals surface area contributed by atoms with Crippen LogP contribution in [-0.2, 0) is 11.2 Å². The average molecular weight is 246 g/mol. The monoisotopic (exact) mass is 246 g/mol. The standard InChI is InChI=1S/C14H18N2O2/c15-11-13-6-4-12(5-7-13)10-14(18)16-8-2-1-3-9-17/h4-7,17H,1-3,8-10H2,(H,16,18). The van der Waals surface area contributed by atoms with Crippen molar-refractivity contribution in [2.24, 2.45) is 0 Å². The number of rotatable bonds is 7. The van der Waals surface area contributed by atoms with Gasteiger partial charge in [-0.1, -0.05) is 12.1 Å². The van der Waals surface area contributed by atoms with Gasteiger partial charge in [-0.2, -0.15) is 5.26 Å². The zero-order chi connectivity index (χ0) is 13.2. The van der Waals surface area contributed by atoms with E-state index in [0.717, 1.165) is 24.8 Å². The highest BCUT2D eigenvalue weighted by atomic mass is 16.2. The number of carbonyl (C=O) groups is 1. The van der Waals surface area contributed by atoms with Crippen molar-refractivity contribution in [2.45, 2.75) is 25.7 Å². The number of aliphatic hydroxyl groups is 1. The Bertz CT molecular complexity index is 407. The Morgan fingerprint density at radius 1 is 1.22 bits per heavy atom. The molecule has 1 aromatic rings. The molecular weight excluding hydrogens is 228 g/mol. The molecule has 0 unspecified atom stereocenters. The number of nitriles is 1. The first-order valence-electron chi connectivity index (χ1n) is 6.13. The van der Waals surface area contributed by atoms with Crippen molar-refractivity contribution >= 4 is 5.91 Å². The van der Waals surface area contributed by atoms with E-state index in [-0.39, 0.29) is 12.5 Å². The zero-order valence-corrected chi connectivity index (χ0v) is 10.4. The Labute approximate surface area is 107 Å². The quantitative estimate of drug-likeness (QED) is 0.714. The number of aliphatic hydroxyl groups excluding tert-OH is 1. The van der Waals surface area contributed by atoms with Crippen LogP contribution in [0.15, 0.2) is 24.3 Å². The van der Waals surface area contributed by atoms with E-state index in [1.54, 1.807) is 24.3 Å². The number of amides is 1. The van der Waals surface area contributed by atoms with E-state index in [0.29, 0.717) is 18.5 Å². The molecule has 0 radical (unpaired) electrons. The van der Waals surface area contributed by atoms with Gasteiger partial charge in [-0.25, -0.2) is 0 Å². The molecule has 0 fully saturated rings. The molecule has 0 saturated carbocycles. The molecule has 0 spiro atoms. The molecule has 18 heavy (non-hydrogen) atoms. The van der Waals surface area contributed by atoms with E-state index in [9.17, 15) is 4.79 Å². The largest absolute Gasteiger partial charge is 0.396 e. The van der Waals surface area contributed by atoms with Crippen molar-refractivity contribution in [1.29, 1.82) is 5.26 Å². The molecule has 0 bridgehead atoms. The van der Waals surface area contributed by atoms with Crippen molar-refractivity contribution in [3.63, 3.8) is 0 Å². The van der Waals surface area contributed by atoms with Crippen molar-refractivity contribution < 1.29 is 9.90 Å². The second kappa shape index (κ2) is 8.26. The van der Waals surface area contributed by atoms with E-state index in [1.807, 2.05) is 6.07 Å². The third-order valence-corrected chi connectivity index (χ3v) is 2.60. The molecule has 96 valence electrons. The van der Waals surface area contributed by atoms with Crippen LogP contribution in [0.1, 0.15) is 30.4 Å². The lowest BCUT2D eigenvalue weighted by Crippen LogP contribution is -2.26.